The third-order valence-electron chi connectivity index (χ3n) is 6.84. The molecule has 2 amide bonds. The first-order valence-corrected chi connectivity index (χ1v) is 11.9. The molecule has 10 heteroatoms. The van der Waals surface area contributed by atoms with Crippen LogP contribution in [0.4, 0.5) is 16.4 Å². The molecule has 3 aromatic rings. The van der Waals surface area contributed by atoms with Crippen LogP contribution in [0.25, 0.3) is 22.3 Å². The van der Waals surface area contributed by atoms with E-state index in [2.05, 4.69) is 25.2 Å². The number of fused-ring (bicyclic) bond motifs is 3. The van der Waals surface area contributed by atoms with Gasteiger partial charge in [-0.3, -0.25) is 9.88 Å². The zero-order valence-corrected chi connectivity index (χ0v) is 19.3. The van der Waals surface area contributed by atoms with Crippen LogP contribution in [-0.2, 0) is 11.3 Å². The zero-order valence-electron chi connectivity index (χ0n) is 19.3. The molecule has 176 valence electrons. The molecule has 2 fully saturated rings. The predicted molar refractivity (Wildman–Crippen MR) is 129 cm³/mol. The highest BCUT2D eigenvalue weighted by atomic mass is 16.5. The fraction of sp³-hybridized carbons (Fsp3) is 0.458. The highest BCUT2D eigenvalue weighted by molar-refractivity contribution is 6.04. The van der Waals surface area contributed by atoms with Crippen molar-refractivity contribution in [1.29, 1.82) is 0 Å². The molecule has 0 aliphatic carbocycles. The summed E-state index contributed by atoms with van der Waals surface area (Å²) in [4.78, 5) is 38.0. The van der Waals surface area contributed by atoms with Gasteiger partial charge in [0.05, 0.1) is 36.7 Å². The largest absolute Gasteiger partial charge is 0.378 e. The Balaban J connectivity index is 1.40. The second-order valence-electron chi connectivity index (χ2n) is 9.06. The minimum Gasteiger partial charge on any atom is -0.378 e. The van der Waals surface area contributed by atoms with Gasteiger partial charge in [-0.2, -0.15) is 0 Å². The van der Waals surface area contributed by atoms with Crippen molar-refractivity contribution in [3.63, 3.8) is 0 Å². The molecule has 2 saturated heterocycles. The van der Waals surface area contributed by atoms with Crippen LogP contribution in [0.1, 0.15) is 18.4 Å². The number of morpholine rings is 1. The lowest BCUT2D eigenvalue weighted by Crippen LogP contribution is -2.53. The average molecular weight is 461 g/mol. The van der Waals surface area contributed by atoms with E-state index < -0.39 is 0 Å². The van der Waals surface area contributed by atoms with Gasteiger partial charge in [0.15, 0.2) is 0 Å². The normalized spacial score (nSPS) is 19.6. The molecule has 3 aliphatic rings. The SMILES string of the molecule is CN1Cc2cnc3ccc(-c4cnc(N5CCOCC5)nc4)nc3c2N(C2CCNCC2)C1=O. The van der Waals surface area contributed by atoms with Gasteiger partial charge >= 0.3 is 6.03 Å². The maximum absolute atomic E-state index is 13.3. The Bertz CT molecular complexity index is 1210. The number of hydrogen-bond acceptors (Lipinski definition) is 8. The number of nitrogens with zero attached hydrogens (tertiary/aromatic N) is 7. The molecule has 0 radical (unpaired) electrons. The van der Waals surface area contributed by atoms with Crippen molar-refractivity contribution in [1.82, 2.24) is 30.2 Å². The summed E-state index contributed by atoms with van der Waals surface area (Å²) in [7, 11) is 1.85. The Morgan fingerprint density at radius 3 is 2.56 bits per heavy atom. The molecule has 3 aromatic heterocycles. The van der Waals surface area contributed by atoms with Crippen LogP contribution < -0.4 is 15.1 Å². The smallest absolute Gasteiger partial charge is 0.324 e. The zero-order chi connectivity index (χ0) is 23.1. The quantitative estimate of drug-likeness (QED) is 0.634. The number of aromatic nitrogens is 4. The van der Waals surface area contributed by atoms with Crippen LogP contribution in [0.2, 0.25) is 0 Å². The van der Waals surface area contributed by atoms with E-state index in [0.29, 0.717) is 25.7 Å². The molecule has 6 rings (SSSR count). The van der Waals surface area contributed by atoms with Gasteiger partial charge in [0.1, 0.15) is 5.52 Å². The fourth-order valence-electron chi connectivity index (χ4n) is 5.02. The Morgan fingerprint density at radius 1 is 1.03 bits per heavy atom. The molecule has 0 aromatic carbocycles. The number of carbonyl (C=O) groups excluding carboxylic acids is 1. The lowest BCUT2D eigenvalue weighted by atomic mass is 10.0. The topological polar surface area (TPSA) is 99.6 Å². The van der Waals surface area contributed by atoms with Crippen LogP contribution in [0.3, 0.4) is 0 Å². The molecule has 10 nitrogen and oxygen atoms in total. The summed E-state index contributed by atoms with van der Waals surface area (Å²) in [6.45, 7) is 5.31. The molecule has 3 aliphatic heterocycles. The highest BCUT2D eigenvalue weighted by Gasteiger charge is 2.36. The molecular weight excluding hydrogens is 432 g/mol. The summed E-state index contributed by atoms with van der Waals surface area (Å²) in [6, 6.07) is 4.08. The van der Waals surface area contributed by atoms with Gasteiger partial charge in [-0.05, 0) is 38.1 Å². The number of pyridine rings is 2. The Labute approximate surface area is 198 Å². The van der Waals surface area contributed by atoms with Crippen LogP contribution in [-0.4, -0.2) is 83.3 Å². The molecule has 1 N–H and O–H groups in total. The first kappa shape index (κ1) is 21.2. The number of carbonyl (C=O) groups is 1. The van der Waals surface area contributed by atoms with E-state index in [1.165, 1.54) is 0 Å². The third kappa shape index (κ3) is 3.72. The van der Waals surface area contributed by atoms with Crippen LogP contribution in [0.5, 0.6) is 0 Å². The number of hydrogen-bond donors (Lipinski definition) is 1. The first-order valence-electron chi connectivity index (χ1n) is 11.9. The molecular formula is C24H28N8O2. The predicted octanol–water partition coefficient (Wildman–Crippen LogP) is 2.05. The van der Waals surface area contributed by atoms with E-state index >= 15 is 0 Å². The van der Waals surface area contributed by atoms with Crippen molar-refractivity contribution in [3.05, 3.63) is 36.3 Å². The van der Waals surface area contributed by atoms with Gasteiger partial charge in [-0.15, -0.1) is 0 Å². The Hall–Kier alpha value is -3.37. The van der Waals surface area contributed by atoms with Gasteiger partial charge in [0.25, 0.3) is 0 Å². The van der Waals surface area contributed by atoms with Gasteiger partial charge in [0.2, 0.25) is 5.95 Å². The van der Waals surface area contributed by atoms with E-state index in [1.54, 1.807) is 4.90 Å². The number of amides is 2. The molecule has 6 heterocycles. The standard InChI is InChI=1S/C24H28N8O2/c1-30-15-17-14-26-20-3-2-19(16-12-27-23(28-13-16)31-8-10-34-11-9-31)29-21(20)22(17)32(24(30)33)18-4-6-25-7-5-18/h2-3,12-14,18,25H,4-11,15H2,1H3. The molecule has 0 saturated carbocycles. The molecule has 0 unspecified atom stereocenters. The van der Waals surface area contributed by atoms with Gasteiger partial charge < -0.3 is 19.9 Å². The van der Waals surface area contributed by atoms with Crippen molar-refractivity contribution >= 4 is 28.7 Å². The number of rotatable bonds is 3. The van der Waals surface area contributed by atoms with E-state index in [9.17, 15) is 4.79 Å². The second kappa shape index (κ2) is 8.77. The van der Waals surface area contributed by atoms with Crippen molar-refractivity contribution in [2.45, 2.75) is 25.4 Å². The van der Waals surface area contributed by atoms with Crippen molar-refractivity contribution in [2.24, 2.45) is 0 Å². The first-order chi connectivity index (χ1) is 16.7. The fourth-order valence-corrected chi connectivity index (χ4v) is 5.02. The minimum absolute atomic E-state index is 0.0253. The van der Waals surface area contributed by atoms with E-state index in [0.717, 1.165) is 72.6 Å². The Kier molecular flexibility index (Phi) is 5.46. The van der Waals surface area contributed by atoms with Gasteiger partial charge in [0, 0.05) is 55.9 Å². The summed E-state index contributed by atoms with van der Waals surface area (Å²) in [5, 5.41) is 3.40. The third-order valence-corrected chi connectivity index (χ3v) is 6.84. The maximum Gasteiger partial charge on any atom is 0.324 e. The van der Waals surface area contributed by atoms with Crippen LogP contribution >= 0.6 is 0 Å². The summed E-state index contributed by atoms with van der Waals surface area (Å²) < 4.78 is 5.42. The summed E-state index contributed by atoms with van der Waals surface area (Å²) in [5.74, 6) is 0.706. The van der Waals surface area contributed by atoms with Crippen molar-refractivity contribution < 1.29 is 9.53 Å². The average Bonchev–Trinajstić information content (AvgIpc) is 2.90. The minimum atomic E-state index is 0.0253. The monoisotopic (exact) mass is 460 g/mol. The Morgan fingerprint density at radius 2 is 1.79 bits per heavy atom. The second-order valence-corrected chi connectivity index (χ2v) is 9.06. The number of piperidine rings is 1. The lowest BCUT2D eigenvalue weighted by Gasteiger charge is -2.41. The maximum atomic E-state index is 13.3. The number of anilines is 2. The van der Waals surface area contributed by atoms with Crippen LogP contribution in [0, 0.1) is 0 Å². The molecule has 0 atom stereocenters. The van der Waals surface area contributed by atoms with Gasteiger partial charge in [-0.1, -0.05) is 0 Å². The molecule has 0 bridgehead atoms. The van der Waals surface area contributed by atoms with Gasteiger partial charge in [-0.25, -0.2) is 19.7 Å². The van der Waals surface area contributed by atoms with Crippen LogP contribution in [0.15, 0.2) is 30.7 Å². The van der Waals surface area contributed by atoms with Crippen molar-refractivity contribution in [3.8, 4) is 11.3 Å². The lowest BCUT2D eigenvalue weighted by molar-refractivity contribution is 0.122. The highest BCUT2D eigenvalue weighted by Crippen LogP contribution is 2.37. The van der Waals surface area contributed by atoms with E-state index in [-0.39, 0.29) is 12.1 Å². The number of nitrogens with one attached hydrogen (secondary N) is 1. The number of urea groups is 1. The number of ether oxygens (including phenoxy) is 1. The van der Waals surface area contributed by atoms with E-state index in [1.807, 2.05) is 42.7 Å². The molecule has 0 spiro atoms. The molecule has 34 heavy (non-hydrogen) atoms. The van der Waals surface area contributed by atoms with Crippen molar-refractivity contribution in [2.75, 3.05) is 56.2 Å². The summed E-state index contributed by atoms with van der Waals surface area (Å²) in [6.07, 6.45) is 7.35. The van der Waals surface area contributed by atoms with E-state index in [4.69, 9.17) is 9.72 Å². The summed E-state index contributed by atoms with van der Waals surface area (Å²) >= 11 is 0. The summed E-state index contributed by atoms with van der Waals surface area (Å²) in [5.41, 5.74) is 5.07.